The summed E-state index contributed by atoms with van der Waals surface area (Å²) in [6, 6.07) is 3.90. The molecule has 0 saturated heterocycles. The van der Waals surface area contributed by atoms with E-state index < -0.39 is 0 Å². The number of halogens is 1. The molecule has 1 aromatic rings. The van der Waals surface area contributed by atoms with Crippen molar-refractivity contribution >= 4 is 17.4 Å². The van der Waals surface area contributed by atoms with E-state index in [1.54, 1.807) is 0 Å². The van der Waals surface area contributed by atoms with Crippen molar-refractivity contribution in [2.24, 2.45) is 11.8 Å². The number of rotatable bonds is 5. The van der Waals surface area contributed by atoms with Crippen LogP contribution in [-0.4, -0.2) is 5.78 Å². The molecular weight excluding hydrogens is 280 g/mol. The molecule has 2 heteroatoms. The monoisotopic (exact) mass is 306 g/mol. The van der Waals surface area contributed by atoms with Crippen LogP contribution in [0.25, 0.3) is 0 Å². The summed E-state index contributed by atoms with van der Waals surface area (Å²) in [7, 11) is 0. The number of hydrogen-bond acceptors (Lipinski definition) is 1. The van der Waals surface area contributed by atoms with Crippen molar-refractivity contribution in [2.45, 2.75) is 65.7 Å². The first kappa shape index (κ1) is 16.5. The molecule has 0 amide bonds. The van der Waals surface area contributed by atoms with Gasteiger partial charge in [0.1, 0.15) is 0 Å². The second-order valence-electron chi connectivity index (χ2n) is 6.64. The standard InChI is InChI=1S/C19H27ClO/c1-4-5-6-15-7-9-16(10-8-15)19(21)17-11-14(3)18(20)12-13(17)2/h11-12,15-16H,4-10H2,1-3H3. The molecular formula is C19H27ClO. The molecule has 0 radical (unpaired) electrons. The molecule has 0 heterocycles. The fourth-order valence-electron chi connectivity index (χ4n) is 3.47. The van der Waals surface area contributed by atoms with E-state index in [1.807, 2.05) is 26.0 Å². The fraction of sp³-hybridized carbons (Fsp3) is 0.632. The molecule has 0 aromatic heterocycles. The number of benzene rings is 1. The average Bonchev–Trinajstić information content (AvgIpc) is 2.48. The van der Waals surface area contributed by atoms with Crippen molar-refractivity contribution in [2.75, 3.05) is 0 Å². The summed E-state index contributed by atoms with van der Waals surface area (Å²) in [6.45, 7) is 6.21. The van der Waals surface area contributed by atoms with Crippen LogP contribution >= 0.6 is 11.6 Å². The Hall–Kier alpha value is -0.820. The van der Waals surface area contributed by atoms with Gasteiger partial charge in [0.15, 0.2) is 5.78 Å². The van der Waals surface area contributed by atoms with Crippen LogP contribution in [0, 0.1) is 25.7 Å². The van der Waals surface area contributed by atoms with Gasteiger partial charge in [0, 0.05) is 16.5 Å². The fourth-order valence-corrected chi connectivity index (χ4v) is 3.69. The van der Waals surface area contributed by atoms with Crippen molar-refractivity contribution in [3.05, 3.63) is 33.8 Å². The zero-order chi connectivity index (χ0) is 15.4. The zero-order valence-electron chi connectivity index (χ0n) is 13.5. The highest BCUT2D eigenvalue weighted by Crippen LogP contribution is 2.34. The van der Waals surface area contributed by atoms with Crippen LogP contribution in [0.5, 0.6) is 0 Å². The summed E-state index contributed by atoms with van der Waals surface area (Å²) in [5.74, 6) is 1.41. The largest absolute Gasteiger partial charge is 0.294 e. The molecule has 0 bridgehead atoms. The van der Waals surface area contributed by atoms with Crippen LogP contribution in [0.1, 0.15) is 73.4 Å². The second kappa shape index (κ2) is 7.45. The van der Waals surface area contributed by atoms with E-state index in [9.17, 15) is 4.79 Å². The summed E-state index contributed by atoms with van der Waals surface area (Å²) in [5, 5.41) is 0.757. The highest BCUT2D eigenvalue weighted by atomic mass is 35.5. The van der Waals surface area contributed by atoms with Crippen LogP contribution in [0.4, 0.5) is 0 Å². The maximum absolute atomic E-state index is 12.8. The number of carbonyl (C=O) groups is 1. The predicted octanol–water partition coefficient (Wildman–Crippen LogP) is 6.14. The topological polar surface area (TPSA) is 17.1 Å². The molecule has 0 N–H and O–H groups in total. The summed E-state index contributed by atoms with van der Waals surface area (Å²) in [4.78, 5) is 12.8. The Bertz CT molecular complexity index is 499. The van der Waals surface area contributed by atoms with E-state index in [2.05, 4.69) is 6.92 Å². The van der Waals surface area contributed by atoms with Gasteiger partial charge < -0.3 is 0 Å². The van der Waals surface area contributed by atoms with Gasteiger partial charge >= 0.3 is 0 Å². The minimum Gasteiger partial charge on any atom is -0.294 e. The molecule has 0 atom stereocenters. The van der Waals surface area contributed by atoms with Gasteiger partial charge in [0.25, 0.3) is 0 Å². The van der Waals surface area contributed by atoms with E-state index in [0.29, 0.717) is 5.78 Å². The minimum absolute atomic E-state index is 0.224. The van der Waals surface area contributed by atoms with Crippen LogP contribution in [0.3, 0.4) is 0 Å². The van der Waals surface area contributed by atoms with Gasteiger partial charge in [-0.25, -0.2) is 0 Å². The van der Waals surface area contributed by atoms with Crippen LogP contribution in [-0.2, 0) is 0 Å². The van der Waals surface area contributed by atoms with Crippen molar-refractivity contribution in [1.29, 1.82) is 0 Å². The third kappa shape index (κ3) is 4.10. The Morgan fingerprint density at radius 3 is 2.43 bits per heavy atom. The minimum atomic E-state index is 0.224. The first-order valence-corrected chi connectivity index (χ1v) is 8.71. The zero-order valence-corrected chi connectivity index (χ0v) is 14.3. The van der Waals surface area contributed by atoms with Crippen molar-refractivity contribution < 1.29 is 4.79 Å². The lowest BCUT2D eigenvalue weighted by molar-refractivity contribution is 0.0868. The first-order chi connectivity index (χ1) is 10.0. The lowest BCUT2D eigenvalue weighted by Crippen LogP contribution is -2.22. The molecule has 21 heavy (non-hydrogen) atoms. The van der Waals surface area contributed by atoms with Gasteiger partial charge in [0.05, 0.1) is 0 Å². The highest BCUT2D eigenvalue weighted by Gasteiger charge is 2.27. The number of carbonyl (C=O) groups excluding carboxylic acids is 1. The van der Waals surface area contributed by atoms with E-state index in [4.69, 9.17) is 11.6 Å². The Morgan fingerprint density at radius 2 is 1.81 bits per heavy atom. The Kier molecular flexibility index (Phi) is 5.87. The number of unbranched alkanes of at least 4 members (excludes halogenated alkanes) is 1. The van der Waals surface area contributed by atoms with Gasteiger partial charge in [-0.3, -0.25) is 4.79 Å². The molecule has 1 aliphatic carbocycles. The molecule has 2 rings (SSSR count). The molecule has 1 aromatic carbocycles. The molecule has 0 spiro atoms. The molecule has 116 valence electrons. The van der Waals surface area contributed by atoms with Crippen molar-refractivity contribution in [1.82, 2.24) is 0 Å². The highest BCUT2D eigenvalue weighted by molar-refractivity contribution is 6.31. The van der Waals surface area contributed by atoms with Crippen LogP contribution in [0.15, 0.2) is 12.1 Å². The normalized spacial score (nSPS) is 22.3. The first-order valence-electron chi connectivity index (χ1n) is 8.33. The molecule has 1 nitrogen and oxygen atoms in total. The Balaban J connectivity index is 2.00. The number of Topliss-reactive ketones (excluding diaryl/α,β-unsaturated/α-hetero) is 1. The number of hydrogen-bond donors (Lipinski definition) is 0. The third-order valence-corrected chi connectivity index (χ3v) is 5.36. The molecule has 0 aliphatic heterocycles. The molecule has 1 aliphatic rings. The van der Waals surface area contributed by atoms with E-state index in [0.717, 1.165) is 40.5 Å². The maximum atomic E-state index is 12.8. The van der Waals surface area contributed by atoms with Gasteiger partial charge in [-0.05, 0) is 68.7 Å². The number of ketones is 1. The van der Waals surface area contributed by atoms with Gasteiger partial charge in [0.2, 0.25) is 0 Å². The quantitative estimate of drug-likeness (QED) is 0.597. The lowest BCUT2D eigenvalue weighted by atomic mass is 9.76. The van der Waals surface area contributed by atoms with Crippen molar-refractivity contribution in [3.8, 4) is 0 Å². The number of aryl methyl sites for hydroxylation is 2. The summed E-state index contributed by atoms with van der Waals surface area (Å²) < 4.78 is 0. The van der Waals surface area contributed by atoms with Crippen LogP contribution in [0.2, 0.25) is 5.02 Å². The second-order valence-corrected chi connectivity index (χ2v) is 7.05. The van der Waals surface area contributed by atoms with Crippen LogP contribution < -0.4 is 0 Å². The molecule has 1 saturated carbocycles. The Morgan fingerprint density at radius 1 is 1.14 bits per heavy atom. The van der Waals surface area contributed by atoms with Gasteiger partial charge in [-0.15, -0.1) is 0 Å². The lowest BCUT2D eigenvalue weighted by Gasteiger charge is -2.28. The summed E-state index contributed by atoms with van der Waals surface area (Å²) in [5.41, 5.74) is 2.90. The third-order valence-electron chi connectivity index (χ3n) is 4.95. The van der Waals surface area contributed by atoms with Gasteiger partial charge in [-0.1, -0.05) is 37.8 Å². The van der Waals surface area contributed by atoms with E-state index in [-0.39, 0.29) is 5.92 Å². The summed E-state index contributed by atoms with van der Waals surface area (Å²) >= 11 is 6.13. The maximum Gasteiger partial charge on any atom is 0.166 e. The van der Waals surface area contributed by atoms with Gasteiger partial charge in [-0.2, -0.15) is 0 Å². The SMILES string of the molecule is CCCCC1CCC(C(=O)c2cc(C)c(Cl)cc2C)CC1. The summed E-state index contributed by atoms with van der Waals surface area (Å²) in [6.07, 6.45) is 8.53. The average molecular weight is 307 g/mol. The van der Waals surface area contributed by atoms with E-state index >= 15 is 0 Å². The Labute approximate surface area is 134 Å². The molecule has 1 fully saturated rings. The molecule has 0 unspecified atom stereocenters. The predicted molar refractivity (Wildman–Crippen MR) is 90.2 cm³/mol. The van der Waals surface area contributed by atoms with Crippen molar-refractivity contribution in [3.63, 3.8) is 0 Å². The smallest absolute Gasteiger partial charge is 0.166 e. The van der Waals surface area contributed by atoms with E-state index in [1.165, 1.54) is 32.1 Å².